The molecule has 2 amide bonds. The molecule has 4 atom stereocenters. The molecule has 208 valence electrons. The Kier molecular flexibility index (Phi) is 9.90. The normalized spacial score (nSPS) is 23.4. The fraction of sp³-hybridized carbons (Fsp3) is 0.750. The van der Waals surface area contributed by atoms with Crippen molar-refractivity contribution in [2.75, 3.05) is 13.2 Å². The first kappa shape index (κ1) is 28.9. The minimum Gasteiger partial charge on any atom is -0.477 e. The monoisotopic (exact) mass is 517 g/mol. The number of aromatic nitrogens is 2. The van der Waals surface area contributed by atoms with Crippen molar-refractivity contribution < 1.29 is 19.1 Å². The van der Waals surface area contributed by atoms with E-state index >= 15 is 0 Å². The van der Waals surface area contributed by atoms with Crippen LogP contribution in [-0.4, -0.2) is 46.6 Å². The number of rotatable bonds is 13. The maximum atomic E-state index is 13.7. The molecule has 2 fully saturated rings. The van der Waals surface area contributed by atoms with Crippen LogP contribution in [0.4, 0.5) is 4.79 Å². The molecular formula is C28H47N5O4. The standard InChI is InChI=1S/C28H47N5O4/c1-18(2)17-37-26-23(16-30-33(26)12-11-28(5,6)32-19(3)4)25(34)31-24-21-9-7-8-20(14-21)15-22(24)10-13-36-27(29)35/h16,18,20-22,24,32H,3,7-15,17H2,1-2,4-6H3,(H2,29,35)(H,31,34)/t20?,21?,22?,24-/m0/s1. The van der Waals surface area contributed by atoms with Crippen molar-refractivity contribution in [3.05, 3.63) is 24.0 Å². The summed E-state index contributed by atoms with van der Waals surface area (Å²) in [7, 11) is 0. The summed E-state index contributed by atoms with van der Waals surface area (Å²) in [5, 5.41) is 11.3. The molecular weight excluding hydrogens is 470 g/mol. The van der Waals surface area contributed by atoms with Gasteiger partial charge in [-0.1, -0.05) is 33.3 Å². The van der Waals surface area contributed by atoms with Crippen LogP contribution in [0.3, 0.4) is 0 Å². The third kappa shape index (κ3) is 8.40. The number of allylic oxidation sites excluding steroid dienone is 1. The zero-order valence-electron chi connectivity index (χ0n) is 23.3. The molecule has 9 nitrogen and oxygen atoms in total. The number of hydrogen-bond acceptors (Lipinski definition) is 6. The zero-order chi connectivity index (χ0) is 27.2. The number of hydrogen-bond donors (Lipinski definition) is 3. The van der Waals surface area contributed by atoms with Gasteiger partial charge in [-0.05, 0) is 76.5 Å². The highest BCUT2D eigenvalue weighted by molar-refractivity contribution is 5.96. The maximum Gasteiger partial charge on any atom is 0.404 e. The van der Waals surface area contributed by atoms with Gasteiger partial charge < -0.3 is 25.8 Å². The van der Waals surface area contributed by atoms with Crippen LogP contribution in [0, 0.1) is 23.7 Å². The number of primary amides is 1. The molecule has 4 N–H and O–H groups in total. The molecule has 0 radical (unpaired) electrons. The summed E-state index contributed by atoms with van der Waals surface area (Å²) in [5.74, 6) is 2.03. The van der Waals surface area contributed by atoms with Crippen LogP contribution in [0.25, 0.3) is 0 Å². The molecule has 1 heterocycles. The van der Waals surface area contributed by atoms with E-state index in [1.165, 1.54) is 12.8 Å². The average molecular weight is 518 g/mol. The second-order valence-corrected chi connectivity index (χ2v) is 12.1. The van der Waals surface area contributed by atoms with Gasteiger partial charge in [-0.25, -0.2) is 9.48 Å². The first-order valence-electron chi connectivity index (χ1n) is 13.8. The number of carbonyl (C=O) groups excluding carboxylic acids is 2. The summed E-state index contributed by atoms with van der Waals surface area (Å²) in [5.41, 5.74) is 6.38. The van der Waals surface area contributed by atoms with Crippen LogP contribution < -0.4 is 21.1 Å². The Balaban J connectivity index is 1.76. The lowest BCUT2D eigenvalue weighted by Crippen LogP contribution is -2.50. The predicted octanol–water partition coefficient (Wildman–Crippen LogP) is 4.62. The minimum absolute atomic E-state index is 0.0283. The highest BCUT2D eigenvalue weighted by Gasteiger charge is 2.41. The number of ether oxygens (including phenoxy) is 2. The second-order valence-electron chi connectivity index (χ2n) is 12.1. The van der Waals surface area contributed by atoms with Crippen molar-refractivity contribution in [2.24, 2.45) is 29.4 Å². The van der Waals surface area contributed by atoms with E-state index < -0.39 is 6.09 Å². The minimum atomic E-state index is -0.752. The van der Waals surface area contributed by atoms with Gasteiger partial charge in [-0.15, -0.1) is 0 Å². The van der Waals surface area contributed by atoms with Crippen LogP contribution in [0.1, 0.15) is 89.9 Å². The molecule has 2 saturated carbocycles. The van der Waals surface area contributed by atoms with E-state index in [0.717, 1.165) is 31.4 Å². The van der Waals surface area contributed by atoms with Crippen molar-refractivity contribution in [1.29, 1.82) is 0 Å². The average Bonchev–Trinajstić information content (AvgIpc) is 3.21. The van der Waals surface area contributed by atoms with E-state index in [9.17, 15) is 9.59 Å². The van der Waals surface area contributed by atoms with Gasteiger partial charge in [0, 0.05) is 23.8 Å². The van der Waals surface area contributed by atoms with Gasteiger partial charge >= 0.3 is 6.09 Å². The number of carbonyl (C=O) groups is 2. The van der Waals surface area contributed by atoms with Gasteiger partial charge in [-0.2, -0.15) is 5.10 Å². The summed E-state index contributed by atoms with van der Waals surface area (Å²) in [4.78, 5) is 24.8. The van der Waals surface area contributed by atoms with E-state index in [1.54, 1.807) is 10.9 Å². The molecule has 1 aromatic heterocycles. The lowest BCUT2D eigenvalue weighted by atomic mass is 9.64. The van der Waals surface area contributed by atoms with Crippen LogP contribution in [0.5, 0.6) is 5.88 Å². The molecule has 37 heavy (non-hydrogen) atoms. The van der Waals surface area contributed by atoms with Crippen LogP contribution in [0.15, 0.2) is 18.5 Å². The van der Waals surface area contributed by atoms with Crippen molar-refractivity contribution in [1.82, 2.24) is 20.4 Å². The van der Waals surface area contributed by atoms with E-state index in [2.05, 4.69) is 50.0 Å². The van der Waals surface area contributed by atoms with Crippen molar-refractivity contribution in [2.45, 2.75) is 97.7 Å². The summed E-state index contributed by atoms with van der Waals surface area (Å²) >= 11 is 0. The molecule has 3 rings (SSSR count). The molecule has 0 spiro atoms. The molecule has 9 heteroatoms. The highest BCUT2D eigenvalue weighted by atomic mass is 16.5. The molecule has 2 bridgehead atoms. The lowest BCUT2D eigenvalue weighted by Gasteiger charge is -2.45. The molecule has 2 aliphatic carbocycles. The van der Waals surface area contributed by atoms with Crippen LogP contribution in [-0.2, 0) is 11.3 Å². The molecule has 3 unspecified atom stereocenters. The van der Waals surface area contributed by atoms with Crippen molar-refractivity contribution in [3.8, 4) is 5.88 Å². The number of aryl methyl sites for hydroxylation is 1. The third-order valence-electron chi connectivity index (χ3n) is 7.60. The Bertz CT molecular complexity index is 941. The number of nitrogens with one attached hydrogen (secondary N) is 2. The predicted molar refractivity (Wildman–Crippen MR) is 144 cm³/mol. The first-order chi connectivity index (χ1) is 17.4. The lowest BCUT2D eigenvalue weighted by molar-refractivity contribution is 0.0581. The topological polar surface area (TPSA) is 121 Å². The van der Waals surface area contributed by atoms with Crippen molar-refractivity contribution >= 4 is 12.0 Å². The van der Waals surface area contributed by atoms with Gasteiger partial charge in [0.05, 0.1) is 19.4 Å². The maximum absolute atomic E-state index is 13.7. The number of nitrogens with zero attached hydrogens (tertiary/aromatic N) is 2. The first-order valence-corrected chi connectivity index (χ1v) is 13.8. The van der Waals surface area contributed by atoms with E-state index in [4.69, 9.17) is 15.2 Å². The van der Waals surface area contributed by atoms with E-state index in [-0.39, 0.29) is 30.0 Å². The molecule has 1 aromatic rings. The number of nitrogens with two attached hydrogens (primary N) is 1. The Morgan fingerprint density at radius 2 is 2.05 bits per heavy atom. The number of fused-ring (bicyclic) bond motifs is 2. The Labute approximate surface area is 221 Å². The van der Waals surface area contributed by atoms with Crippen LogP contribution >= 0.6 is 0 Å². The fourth-order valence-electron chi connectivity index (χ4n) is 6.02. The SMILES string of the molecule is C=C(C)NC(C)(C)CCn1ncc(C(=O)N[C@H]2C3CCCC(C3)CC2CCOC(N)=O)c1OCC(C)C. The van der Waals surface area contributed by atoms with Gasteiger partial charge in [0.2, 0.25) is 5.88 Å². The Morgan fingerprint density at radius 3 is 2.73 bits per heavy atom. The third-order valence-corrected chi connectivity index (χ3v) is 7.60. The summed E-state index contributed by atoms with van der Waals surface area (Å²) in [6, 6.07) is 0.0283. The summed E-state index contributed by atoms with van der Waals surface area (Å²) in [6.07, 6.45) is 8.07. The summed E-state index contributed by atoms with van der Waals surface area (Å²) in [6.45, 7) is 15.7. The molecule has 0 aliphatic heterocycles. The highest BCUT2D eigenvalue weighted by Crippen LogP contribution is 2.44. The summed E-state index contributed by atoms with van der Waals surface area (Å²) < 4.78 is 13.0. The molecule has 0 saturated heterocycles. The largest absolute Gasteiger partial charge is 0.477 e. The molecule has 2 aliphatic rings. The van der Waals surface area contributed by atoms with Gasteiger partial charge in [0.15, 0.2) is 0 Å². The van der Waals surface area contributed by atoms with Gasteiger partial charge in [0.1, 0.15) is 5.56 Å². The fourth-order valence-corrected chi connectivity index (χ4v) is 6.02. The number of amides is 2. The van der Waals surface area contributed by atoms with E-state index in [0.29, 0.717) is 48.8 Å². The van der Waals surface area contributed by atoms with Crippen LogP contribution in [0.2, 0.25) is 0 Å². The quantitative estimate of drug-likeness (QED) is 0.351. The molecule has 0 aromatic carbocycles. The van der Waals surface area contributed by atoms with Crippen molar-refractivity contribution in [3.63, 3.8) is 0 Å². The van der Waals surface area contributed by atoms with E-state index in [1.807, 2.05) is 6.92 Å². The zero-order valence-corrected chi connectivity index (χ0v) is 23.3. The smallest absolute Gasteiger partial charge is 0.404 e. The Morgan fingerprint density at radius 1 is 1.30 bits per heavy atom. The second kappa shape index (κ2) is 12.7. The Hall–Kier alpha value is -2.71. The van der Waals surface area contributed by atoms with Gasteiger partial charge in [0.25, 0.3) is 5.91 Å². The van der Waals surface area contributed by atoms with Gasteiger partial charge in [-0.3, -0.25) is 4.79 Å².